The molecule has 1 unspecified atom stereocenters. The molecule has 0 amide bonds. The van der Waals surface area contributed by atoms with Crippen molar-refractivity contribution >= 4 is 33.2 Å². The molecule has 2 saturated carbocycles. The van der Waals surface area contributed by atoms with E-state index < -0.39 is 17.1 Å². The van der Waals surface area contributed by atoms with Crippen LogP contribution in [0.25, 0.3) is 21.8 Å². The average molecular weight is 731 g/mol. The third-order valence-corrected chi connectivity index (χ3v) is 13.5. The van der Waals surface area contributed by atoms with Crippen molar-refractivity contribution in [3.8, 4) is 12.1 Å². The molecule has 2 aliphatic heterocycles. The van der Waals surface area contributed by atoms with Crippen molar-refractivity contribution < 1.29 is 14.9 Å². The highest BCUT2D eigenvalue weighted by molar-refractivity contribution is 5.96. The van der Waals surface area contributed by atoms with E-state index in [4.69, 9.17) is 4.74 Å². The number of fused-ring (bicyclic) bond motifs is 2. The van der Waals surface area contributed by atoms with Gasteiger partial charge in [0.25, 0.3) is 11.1 Å². The topological polar surface area (TPSA) is 159 Å². The minimum Gasteiger partial charge on any atom is -0.395 e. The highest BCUT2D eigenvalue weighted by Gasteiger charge is 2.48. The van der Waals surface area contributed by atoms with Gasteiger partial charge in [-0.05, 0) is 105 Å². The molecule has 54 heavy (non-hydrogen) atoms. The Labute approximate surface area is 315 Å². The number of rotatable bonds is 8. The van der Waals surface area contributed by atoms with E-state index in [-0.39, 0.29) is 46.3 Å². The van der Waals surface area contributed by atoms with Gasteiger partial charge in [0, 0.05) is 55.5 Å². The highest BCUT2D eigenvalue weighted by Crippen LogP contribution is 2.56. The monoisotopic (exact) mass is 730 g/mol. The summed E-state index contributed by atoms with van der Waals surface area (Å²) in [6, 6.07) is 16.1. The molecular weight excluding hydrogens is 681 g/mol. The Hall–Kier alpha value is -4.68. The van der Waals surface area contributed by atoms with Crippen LogP contribution in [0.5, 0.6) is 0 Å². The van der Waals surface area contributed by atoms with Crippen LogP contribution in [-0.2, 0) is 10.2 Å². The van der Waals surface area contributed by atoms with Gasteiger partial charge in [0.15, 0.2) is 0 Å². The fraction of sp³-hybridized carbons (Fsp3) is 0.535. The normalized spacial score (nSPS) is 20.5. The first-order valence-electron chi connectivity index (χ1n) is 19.4. The van der Waals surface area contributed by atoms with E-state index in [1.165, 1.54) is 0 Å². The van der Waals surface area contributed by atoms with Crippen molar-refractivity contribution in [1.82, 2.24) is 9.55 Å². The number of nitriles is 2. The second-order valence-electron chi connectivity index (χ2n) is 17.4. The first kappa shape index (κ1) is 36.3. The summed E-state index contributed by atoms with van der Waals surface area (Å²) in [6.07, 6.45) is 6.23. The fourth-order valence-corrected chi connectivity index (χ4v) is 9.44. The van der Waals surface area contributed by atoms with E-state index in [9.17, 15) is 30.3 Å². The zero-order chi connectivity index (χ0) is 38.2. The number of aliphatic hydroxyl groups is 2. The molecule has 282 valence electrons. The minimum absolute atomic E-state index is 0.00809. The maximum absolute atomic E-state index is 14.4. The van der Waals surface area contributed by atoms with Crippen LogP contribution < -0.4 is 20.9 Å². The molecule has 0 radical (unpaired) electrons. The Kier molecular flexibility index (Phi) is 8.92. The van der Waals surface area contributed by atoms with Crippen molar-refractivity contribution in [1.29, 1.82) is 10.5 Å². The zero-order valence-corrected chi connectivity index (χ0v) is 31.7. The van der Waals surface area contributed by atoms with E-state index in [2.05, 4.69) is 39.9 Å². The number of methoxy groups -OCH3 is 1. The number of ether oxygens (including phenoxy) is 1. The number of H-pyrrole nitrogens is 1. The SMILES string of the molecule is COC1(C)CCN(c2c(C#N)c(=O)n(C3CC4(CCN(c5c(C#N)c(=O)[nH]c6ccc(C(O)C7CC7)cc56)CC4)C3)c3ccc(C(C)(C)CO)cc23)CC1. The van der Waals surface area contributed by atoms with Gasteiger partial charge in [-0.3, -0.25) is 9.59 Å². The smallest absolute Gasteiger partial charge is 0.271 e. The Bertz CT molecular complexity index is 2340. The zero-order valence-electron chi connectivity index (χ0n) is 31.7. The van der Waals surface area contributed by atoms with Crippen LogP contribution in [-0.4, -0.2) is 65.3 Å². The Morgan fingerprint density at radius 2 is 1.56 bits per heavy atom. The summed E-state index contributed by atoms with van der Waals surface area (Å²) in [7, 11) is 1.73. The third kappa shape index (κ3) is 5.98. The first-order chi connectivity index (χ1) is 25.8. The number of hydrogen-bond donors (Lipinski definition) is 3. The van der Waals surface area contributed by atoms with E-state index in [0.29, 0.717) is 43.1 Å². The van der Waals surface area contributed by atoms with Crippen LogP contribution in [0.1, 0.15) is 107 Å². The Balaban J connectivity index is 1.11. The molecule has 2 saturated heterocycles. The number of aromatic amines is 1. The number of aromatic nitrogens is 2. The maximum atomic E-state index is 14.4. The van der Waals surface area contributed by atoms with Gasteiger partial charge in [-0.25, -0.2) is 0 Å². The summed E-state index contributed by atoms with van der Waals surface area (Å²) in [4.78, 5) is 34.7. The molecule has 2 aliphatic carbocycles. The molecule has 3 N–H and O–H groups in total. The number of hydrogen-bond acceptors (Lipinski definition) is 9. The van der Waals surface area contributed by atoms with Gasteiger partial charge in [-0.1, -0.05) is 26.0 Å². The van der Waals surface area contributed by atoms with Gasteiger partial charge >= 0.3 is 0 Å². The van der Waals surface area contributed by atoms with Crippen LogP contribution in [0, 0.1) is 34.0 Å². The van der Waals surface area contributed by atoms with Gasteiger partial charge in [0.1, 0.15) is 23.3 Å². The molecule has 0 bridgehead atoms. The van der Waals surface area contributed by atoms with Crippen molar-refractivity contribution in [2.75, 3.05) is 49.7 Å². The van der Waals surface area contributed by atoms with Crippen molar-refractivity contribution in [3.05, 3.63) is 79.4 Å². The average Bonchev–Trinajstić information content (AvgIpc) is 4.02. The molecule has 1 atom stereocenters. The quantitative estimate of drug-likeness (QED) is 0.200. The number of piperidine rings is 2. The summed E-state index contributed by atoms with van der Waals surface area (Å²) in [5.41, 5.74) is 3.32. The van der Waals surface area contributed by atoms with Gasteiger partial charge in [-0.2, -0.15) is 10.5 Å². The summed E-state index contributed by atoms with van der Waals surface area (Å²) < 4.78 is 7.66. The largest absolute Gasteiger partial charge is 0.395 e. The second kappa shape index (κ2) is 13.3. The van der Waals surface area contributed by atoms with Crippen LogP contribution in [0.3, 0.4) is 0 Å². The molecule has 11 heteroatoms. The number of nitrogens with one attached hydrogen (secondary N) is 1. The lowest BCUT2D eigenvalue weighted by atomic mass is 9.60. The van der Waals surface area contributed by atoms with Crippen LogP contribution >= 0.6 is 0 Å². The third-order valence-electron chi connectivity index (χ3n) is 13.5. The number of nitrogens with zero attached hydrogens (tertiary/aromatic N) is 5. The first-order valence-corrected chi connectivity index (χ1v) is 19.4. The molecule has 2 aromatic heterocycles. The second-order valence-corrected chi connectivity index (χ2v) is 17.4. The number of pyridine rings is 2. The van der Waals surface area contributed by atoms with Crippen LogP contribution in [0.2, 0.25) is 0 Å². The maximum Gasteiger partial charge on any atom is 0.271 e. The number of anilines is 2. The summed E-state index contributed by atoms with van der Waals surface area (Å²) in [5.74, 6) is 0.252. The van der Waals surface area contributed by atoms with Crippen molar-refractivity contribution in [2.45, 2.75) is 95.3 Å². The molecule has 4 heterocycles. The highest BCUT2D eigenvalue weighted by atomic mass is 16.5. The molecule has 4 aliphatic rings. The predicted molar refractivity (Wildman–Crippen MR) is 209 cm³/mol. The van der Waals surface area contributed by atoms with Gasteiger partial charge in [-0.15, -0.1) is 0 Å². The van der Waals surface area contributed by atoms with Gasteiger partial charge in [0.05, 0.1) is 40.7 Å². The van der Waals surface area contributed by atoms with E-state index in [1.807, 2.05) is 48.7 Å². The van der Waals surface area contributed by atoms with Crippen molar-refractivity contribution in [2.24, 2.45) is 11.3 Å². The van der Waals surface area contributed by atoms with E-state index >= 15 is 0 Å². The lowest BCUT2D eigenvalue weighted by Crippen LogP contribution is -2.50. The van der Waals surface area contributed by atoms with Crippen molar-refractivity contribution in [3.63, 3.8) is 0 Å². The molecule has 4 fully saturated rings. The predicted octanol–water partition coefficient (Wildman–Crippen LogP) is 5.93. The summed E-state index contributed by atoms with van der Waals surface area (Å²) in [6.45, 7) is 8.68. The van der Waals surface area contributed by atoms with E-state index in [0.717, 1.165) is 78.8 Å². The number of benzene rings is 2. The molecular formula is C43H50N6O5. The molecule has 11 nitrogen and oxygen atoms in total. The fourth-order valence-electron chi connectivity index (χ4n) is 9.44. The lowest BCUT2D eigenvalue weighted by molar-refractivity contribution is -0.0132. The minimum atomic E-state index is -0.564. The molecule has 8 rings (SSSR count). The Morgan fingerprint density at radius 3 is 2.15 bits per heavy atom. The van der Waals surface area contributed by atoms with Gasteiger partial charge < -0.3 is 34.3 Å². The van der Waals surface area contributed by atoms with Crippen LogP contribution in [0.4, 0.5) is 11.4 Å². The summed E-state index contributed by atoms with van der Waals surface area (Å²) in [5, 5.41) is 43.5. The standard InChI is InChI=1S/C43H50N6O5/c1-41(2,25-50)28-8-10-35-31(20-28)37(47-15-11-42(3,54-4)12-16-47)33(24-45)40(53)49(35)29-21-43(22-29)13-17-48(18-14-43)36-30-19-27(38(51)26-5-6-26)7-9-34(30)46-39(52)32(36)23-44/h7-10,19-20,26,29,38,50-51H,5-6,11-18,21-22,25H2,1-4H3,(H,46,52). The Morgan fingerprint density at radius 1 is 0.926 bits per heavy atom. The van der Waals surface area contributed by atoms with Crippen LogP contribution in [0.15, 0.2) is 46.0 Å². The van der Waals surface area contributed by atoms with E-state index in [1.54, 1.807) is 7.11 Å². The molecule has 4 aromatic rings. The van der Waals surface area contributed by atoms with Gasteiger partial charge in [0.2, 0.25) is 0 Å². The lowest BCUT2D eigenvalue weighted by Gasteiger charge is -2.53. The molecule has 1 spiro atoms. The summed E-state index contributed by atoms with van der Waals surface area (Å²) >= 11 is 0. The number of aliphatic hydroxyl groups excluding tert-OH is 2. The molecule has 2 aromatic carbocycles.